The van der Waals surface area contributed by atoms with Crippen molar-refractivity contribution in [2.24, 2.45) is 0 Å². The van der Waals surface area contributed by atoms with Crippen molar-refractivity contribution in [2.75, 3.05) is 31.5 Å². The Morgan fingerprint density at radius 1 is 1.08 bits per heavy atom. The van der Waals surface area contributed by atoms with Crippen LogP contribution in [0.4, 0.5) is 5.69 Å². The quantitative estimate of drug-likeness (QED) is 0.881. The predicted molar refractivity (Wildman–Crippen MR) is 95.0 cm³/mol. The van der Waals surface area contributed by atoms with Crippen molar-refractivity contribution >= 4 is 28.3 Å². The monoisotopic (exact) mass is 326 g/mol. The number of benzene rings is 2. The van der Waals surface area contributed by atoms with Gasteiger partial charge in [-0.3, -0.25) is 9.59 Å². The number of fused-ring (bicyclic) bond motifs is 1. The Bertz CT molecular complexity index is 751. The van der Waals surface area contributed by atoms with Crippen LogP contribution < -0.4 is 10.2 Å². The smallest absolute Gasteiger partial charge is 0.282 e. The lowest BCUT2D eigenvalue weighted by Crippen LogP contribution is -3.19. The summed E-state index contributed by atoms with van der Waals surface area (Å²) in [6, 6.07) is 13.9. The first-order valence-electron chi connectivity index (χ1n) is 8.44. The van der Waals surface area contributed by atoms with Crippen LogP contribution in [-0.4, -0.2) is 48.9 Å². The Morgan fingerprint density at radius 2 is 1.75 bits per heavy atom. The van der Waals surface area contributed by atoms with E-state index < -0.39 is 0 Å². The van der Waals surface area contributed by atoms with E-state index in [1.807, 2.05) is 48.2 Å². The molecule has 0 aromatic heterocycles. The van der Waals surface area contributed by atoms with Gasteiger partial charge in [0.15, 0.2) is 6.04 Å². The van der Waals surface area contributed by atoms with E-state index in [-0.39, 0.29) is 17.9 Å². The summed E-state index contributed by atoms with van der Waals surface area (Å²) in [7, 11) is 0. The number of nitrogens with one attached hydrogen (secondary N) is 2. The van der Waals surface area contributed by atoms with Crippen LogP contribution in [0.25, 0.3) is 10.8 Å². The van der Waals surface area contributed by atoms with Gasteiger partial charge >= 0.3 is 0 Å². The van der Waals surface area contributed by atoms with Gasteiger partial charge in [0.1, 0.15) is 0 Å². The number of anilines is 1. The average molecular weight is 326 g/mol. The van der Waals surface area contributed by atoms with E-state index in [4.69, 9.17) is 0 Å². The molecule has 5 nitrogen and oxygen atoms in total. The van der Waals surface area contributed by atoms with E-state index in [2.05, 4.69) is 11.4 Å². The molecular weight excluding hydrogens is 302 g/mol. The van der Waals surface area contributed by atoms with Crippen LogP contribution in [0.2, 0.25) is 0 Å². The van der Waals surface area contributed by atoms with Gasteiger partial charge in [0, 0.05) is 12.6 Å². The molecule has 126 valence electrons. The Balaban J connectivity index is 1.62. The molecule has 1 saturated heterocycles. The van der Waals surface area contributed by atoms with E-state index in [1.54, 1.807) is 6.92 Å². The topological polar surface area (TPSA) is 53.9 Å². The van der Waals surface area contributed by atoms with Gasteiger partial charge in [0.05, 0.1) is 26.2 Å². The van der Waals surface area contributed by atoms with Crippen LogP contribution in [0.15, 0.2) is 42.5 Å². The first-order chi connectivity index (χ1) is 11.5. The fourth-order valence-electron chi connectivity index (χ4n) is 3.24. The first-order valence-corrected chi connectivity index (χ1v) is 8.44. The van der Waals surface area contributed by atoms with Gasteiger partial charge in [-0.15, -0.1) is 0 Å². The van der Waals surface area contributed by atoms with Gasteiger partial charge in [0.25, 0.3) is 5.91 Å². The highest BCUT2D eigenvalue weighted by atomic mass is 16.2. The summed E-state index contributed by atoms with van der Waals surface area (Å²) in [6.07, 6.45) is 0. The summed E-state index contributed by atoms with van der Waals surface area (Å²) in [5, 5.41) is 5.30. The number of rotatable bonds is 3. The van der Waals surface area contributed by atoms with Crippen molar-refractivity contribution in [2.45, 2.75) is 19.9 Å². The summed E-state index contributed by atoms with van der Waals surface area (Å²) in [5.74, 6) is 0.138. The Morgan fingerprint density at radius 3 is 2.42 bits per heavy atom. The minimum Gasteiger partial charge on any atom is -0.332 e. The van der Waals surface area contributed by atoms with Crippen LogP contribution in [0.3, 0.4) is 0 Å². The molecule has 0 unspecified atom stereocenters. The number of quaternary nitrogens is 1. The number of amides is 2. The summed E-state index contributed by atoms with van der Waals surface area (Å²) in [6.45, 7) is 6.62. The van der Waals surface area contributed by atoms with Gasteiger partial charge in [-0.25, -0.2) is 0 Å². The van der Waals surface area contributed by atoms with Crippen LogP contribution >= 0.6 is 0 Å². The normalized spacial score (nSPS) is 16.8. The molecular formula is C19H24N3O2+. The molecule has 24 heavy (non-hydrogen) atoms. The lowest BCUT2D eigenvalue weighted by molar-refractivity contribution is -0.917. The van der Waals surface area contributed by atoms with Crippen LogP contribution in [0.5, 0.6) is 0 Å². The average Bonchev–Trinajstić information content (AvgIpc) is 2.61. The molecule has 2 amide bonds. The van der Waals surface area contributed by atoms with Gasteiger partial charge in [-0.2, -0.15) is 0 Å². The van der Waals surface area contributed by atoms with E-state index in [0.29, 0.717) is 0 Å². The number of carbonyl (C=O) groups is 2. The molecule has 0 saturated carbocycles. The molecule has 1 heterocycles. The lowest BCUT2D eigenvalue weighted by Gasteiger charge is -2.34. The minimum absolute atomic E-state index is 0.0246. The number of piperazine rings is 1. The maximum Gasteiger partial charge on any atom is 0.282 e. The highest BCUT2D eigenvalue weighted by Gasteiger charge is 2.29. The summed E-state index contributed by atoms with van der Waals surface area (Å²) < 4.78 is 0. The van der Waals surface area contributed by atoms with Crippen LogP contribution in [0, 0.1) is 0 Å². The minimum atomic E-state index is -0.134. The number of hydrogen-bond donors (Lipinski definition) is 2. The third-order valence-corrected chi connectivity index (χ3v) is 4.87. The second kappa shape index (κ2) is 7.01. The number of nitrogens with zero attached hydrogens (tertiary/aromatic N) is 1. The molecule has 1 aliphatic heterocycles. The molecule has 1 atom stereocenters. The van der Waals surface area contributed by atoms with E-state index in [9.17, 15) is 9.59 Å². The third-order valence-electron chi connectivity index (χ3n) is 4.87. The van der Waals surface area contributed by atoms with Crippen LogP contribution in [-0.2, 0) is 9.59 Å². The summed E-state index contributed by atoms with van der Waals surface area (Å²) in [4.78, 5) is 27.0. The third kappa shape index (κ3) is 3.57. The predicted octanol–water partition coefficient (Wildman–Crippen LogP) is 0.914. The SMILES string of the molecule is CC(=O)N1CC[NH+]([C@H](C)C(=O)Nc2ccc3ccccc3c2)CC1. The second-order valence-electron chi connectivity index (χ2n) is 6.44. The van der Waals surface area contributed by atoms with Gasteiger partial charge < -0.3 is 15.1 Å². The van der Waals surface area contributed by atoms with E-state index in [0.717, 1.165) is 42.6 Å². The molecule has 1 aliphatic rings. The van der Waals surface area contributed by atoms with E-state index >= 15 is 0 Å². The molecule has 0 aliphatic carbocycles. The van der Waals surface area contributed by atoms with Gasteiger partial charge in [-0.1, -0.05) is 30.3 Å². The van der Waals surface area contributed by atoms with Crippen molar-refractivity contribution in [1.29, 1.82) is 0 Å². The molecule has 2 N–H and O–H groups in total. The number of carbonyl (C=O) groups excluding carboxylic acids is 2. The maximum absolute atomic E-state index is 12.6. The first kappa shape index (κ1) is 16.5. The molecule has 2 aromatic carbocycles. The molecule has 5 heteroatoms. The largest absolute Gasteiger partial charge is 0.332 e. The molecule has 0 spiro atoms. The van der Waals surface area contributed by atoms with Crippen molar-refractivity contribution < 1.29 is 14.5 Å². The zero-order valence-electron chi connectivity index (χ0n) is 14.2. The Labute approximate surface area is 142 Å². The highest BCUT2D eigenvalue weighted by Crippen LogP contribution is 2.18. The zero-order valence-corrected chi connectivity index (χ0v) is 14.2. The number of hydrogen-bond acceptors (Lipinski definition) is 2. The molecule has 0 bridgehead atoms. The Kier molecular flexibility index (Phi) is 4.81. The summed E-state index contributed by atoms with van der Waals surface area (Å²) >= 11 is 0. The van der Waals surface area contributed by atoms with Crippen molar-refractivity contribution in [3.8, 4) is 0 Å². The second-order valence-corrected chi connectivity index (χ2v) is 6.44. The highest BCUT2D eigenvalue weighted by molar-refractivity contribution is 5.96. The van der Waals surface area contributed by atoms with E-state index in [1.165, 1.54) is 4.90 Å². The molecule has 3 rings (SSSR count). The zero-order chi connectivity index (χ0) is 17.1. The van der Waals surface area contributed by atoms with Crippen molar-refractivity contribution in [3.05, 3.63) is 42.5 Å². The van der Waals surface area contributed by atoms with Gasteiger partial charge in [-0.05, 0) is 29.8 Å². The molecule has 1 fully saturated rings. The van der Waals surface area contributed by atoms with Crippen molar-refractivity contribution in [1.82, 2.24) is 4.90 Å². The van der Waals surface area contributed by atoms with Crippen molar-refractivity contribution in [3.63, 3.8) is 0 Å². The fourth-order valence-corrected chi connectivity index (χ4v) is 3.24. The Hall–Kier alpha value is -2.40. The standard InChI is InChI=1S/C19H23N3O2/c1-14(21-9-11-22(12-10-21)15(2)23)19(24)20-18-8-7-16-5-3-4-6-17(16)13-18/h3-8,13-14H,9-12H2,1-2H3,(H,20,24)/p+1/t14-/m1/s1. The maximum atomic E-state index is 12.6. The fraction of sp³-hybridized carbons (Fsp3) is 0.368. The molecule has 0 radical (unpaired) electrons. The summed E-state index contributed by atoms with van der Waals surface area (Å²) in [5.41, 5.74) is 0.826. The lowest BCUT2D eigenvalue weighted by atomic mass is 10.1. The molecule has 2 aromatic rings. The van der Waals surface area contributed by atoms with Gasteiger partial charge in [0.2, 0.25) is 5.91 Å². The van der Waals surface area contributed by atoms with Crippen LogP contribution in [0.1, 0.15) is 13.8 Å².